The third kappa shape index (κ3) is 2.79. The molecule has 0 aromatic carbocycles. The van der Waals surface area contributed by atoms with E-state index >= 15 is 0 Å². The summed E-state index contributed by atoms with van der Waals surface area (Å²) in [5, 5.41) is 3.47. The molecule has 3 rings (SSSR count). The molecule has 0 bridgehead atoms. The summed E-state index contributed by atoms with van der Waals surface area (Å²) in [6, 6.07) is 4.51. The van der Waals surface area contributed by atoms with Crippen molar-refractivity contribution in [3.8, 4) is 0 Å². The van der Waals surface area contributed by atoms with Crippen molar-refractivity contribution in [2.75, 3.05) is 13.7 Å². The molecule has 3 nitrogen and oxygen atoms in total. The summed E-state index contributed by atoms with van der Waals surface area (Å²) in [7, 11) is 2.05. The topological polar surface area (TPSA) is 34.4 Å². The van der Waals surface area contributed by atoms with Crippen LogP contribution in [-0.4, -0.2) is 19.3 Å². The van der Waals surface area contributed by atoms with Crippen LogP contribution in [0.2, 0.25) is 0 Å². The standard InChI is InChI=1S/C17H27NO2/c1-13-6-7-15(20-13)16(18-2)14-8-11-19-17(12-14)9-4-3-5-10-17/h6-7,14,16,18H,3-5,8-12H2,1-2H3. The molecule has 1 aliphatic carbocycles. The van der Waals surface area contributed by atoms with Crippen LogP contribution in [0.15, 0.2) is 16.5 Å². The molecule has 0 radical (unpaired) electrons. The zero-order valence-electron chi connectivity index (χ0n) is 12.8. The lowest BCUT2D eigenvalue weighted by atomic mass is 9.74. The summed E-state index contributed by atoms with van der Waals surface area (Å²) >= 11 is 0. The van der Waals surface area contributed by atoms with Gasteiger partial charge in [0, 0.05) is 6.61 Å². The predicted molar refractivity (Wildman–Crippen MR) is 79.7 cm³/mol. The first kappa shape index (κ1) is 14.2. The van der Waals surface area contributed by atoms with Gasteiger partial charge in [0.15, 0.2) is 0 Å². The summed E-state index contributed by atoms with van der Waals surface area (Å²) < 4.78 is 12.1. The molecule has 1 aromatic rings. The maximum Gasteiger partial charge on any atom is 0.121 e. The molecule has 1 aliphatic heterocycles. The van der Waals surface area contributed by atoms with E-state index in [1.807, 2.05) is 14.0 Å². The van der Waals surface area contributed by atoms with Crippen molar-refractivity contribution in [3.05, 3.63) is 23.7 Å². The maximum atomic E-state index is 6.21. The normalized spacial score (nSPS) is 27.6. The van der Waals surface area contributed by atoms with E-state index in [0.717, 1.165) is 24.5 Å². The van der Waals surface area contributed by atoms with E-state index in [9.17, 15) is 0 Å². The van der Waals surface area contributed by atoms with Gasteiger partial charge in [-0.1, -0.05) is 19.3 Å². The minimum atomic E-state index is 0.165. The van der Waals surface area contributed by atoms with Gasteiger partial charge >= 0.3 is 0 Å². The number of hydrogen-bond donors (Lipinski definition) is 1. The zero-order valence-corrected chi connectivity index (χ0v) is 12.8. The van der Waals surface area contributed by atoms with Gasteiger partial charge in [-0.05, 0) is 57.7 Å². The van der Waals surface area contributed by atoms with E-state index in [4.69, 9.17) is 9.15 Å². The van der Waals surface area contributed by atoms with E-state index in [2.05, 4.69) is 17.4 Å². The number of hydrogen-bond acceptors (Lipinski definition) is 3. The molecule has 1 spiro atoms. The van der Waals surface area contributed by atoms with Gasteiger partial charge in [-0.25, -0.2) is 0 Å². The summed E-state index contributed by atoms with van der Waals surface area (Å²) in [6.07, 6.45) is 8.84. The van der Waals surface area contributed by atoms with E-state index in [1.165, 1.54) is 38.5 Å². The third-order valence-corrected chi connectivity index (χ3v) is 5.15. The van der Waals surface area contributed by atoms with Gasteiger partial charge in [-0.15, -0.1) is 0 Å². The lowest BCUT2D eigenvalue weighted by Crippen LogP contribution is -2.44. The molecule has 2 heterocycles. The largest absolute Gasteiger partial charge is 0.465 e. The predicted octanol–water partition coefficient (Wildman–Crippen LogP) is 3.98. The Kier molecular flexibility index (Phi) is 4.18. The molecule has 2 fully saturated rings. The lowest BCUT2D eigenvalue weighted by molar-refractivity contribution is -0.122. The monoisotopic (exact) mass is 277 g/mol. The highest BCUT2D eigenvalue weighted by molar-refractivity contribution is 5.11. The van der Waals surface area contributed by atoms with Crippen molar-refractivity contribution in [2.24, 2.45) is 5.92 Å². The van der Waals surface area contributed by atoms with Crippen LogP contribution in [-0.2, 0) is 4.74 Å². The molecule has 0 amide bonds. The molecule has 1 saturated carbocycles. The SMILES string of the molecule is CNC(c1ccc(C)o1)C1CCOC2(CCCCC2)C1. The molecule has 2 aliphatic rings. The second kappa shape index (κ2) is 5.90. The van der Waals surface area contributed by atoms with Gasteiger partial charge in [0.05, 0.1) is 11.6 Å². The Morgan fingerprint density at radius 1 is 1.25 bits per heavy atom. The van der Waals surface area contributed by atoms with Gasteiger partial charge < -0.3 is 14.5 Å². The van der Waals surface area contributed by atoms with Gasteiger partial charge in [-0.3, -0.25) is 0 Å². The Labute approximate surface area is 122 Å². The molecule has 2 atom stereocenters. The van der Waals surface area contributed by atoms with Crippen molar-refractivity contribution in [3.63, 3.8) is 0 Å². The fourth-order valence-electron chi connectivity index (χ4n) is 4.13. The second-order valence-corrected chi connectivity index (χ2v) is 6.56. The average molecular weight is 277 g/mol. The van der Waals surface area contributed by atoms with Crippen LogP contribution >= 0.6 is 0 Å². The van der Waals surface area contributed by atoms with Gasteiger partial charge in [0.25, 0.3) is 0 Å². The lowest BCUT2D eigenvalue weighted by Gasteiger charge is -2.45. The number of nitrogens with one attached hydrogen (secondary N) is 1. The Bertz CT molecular complexity index is 428. The quantitative estimate of drug-likeness (QED) is 0.907. The Hall–Kier alpha value is -0.800. The molecule has 1 N–H and O–H groups in total. The molecule has 1 aromatic heterocycles. The fourth-order valence-corrected chi connectivity index (χ4v) is 4.13. The molecule has 2 unspecified atom stereocenters. The van der Waals surface area contributed by atoms with Gasteiger partial charge in [0.1, 0.15) is 11.5 Å². The summed E-state index contributed by atoms with van der Waals surface area (Å²) in [4.78, 5) is 0. The highest BCUT2D eigenvalue weighted by Crippen LogP contribution is 2.44. The van der Waals surface area contributed by atoms with E-state index in [1.54, 1.807) is 0 Å². The average Bonchev–Trinajstić information content (AvgIpc) is 2.87. The highest BCUT2D eigenvalue weighted by atomic mass is 16.5. The van der Waals surface area contributed by atoms with Crippen LogP contribution in [0.3, 0.4) is 0 Å². The van der Waals surface area contributed by atoms with Gasteiger partial charge in [0.2, 0.25) is 0 Å². The first-order chi connectivity index (χ1) is 9.72. The van der Waals surface area contributed by atoms with E-state index in [-0.39, 0.29) is 5.60 Å². The third-order valence-electron chi connectivity index (χ3n) is 5.15. The van der Waals surface area contributed by atoms with Crippen LogP contribution in [0.25, 0.3) is 0 Å². The number of aryl methyl sites for hydroxylation is 1. The first-order valence-electron chi connectivity index (χ1n) is 8.10. The minimum absolute atomic E-state index is 0.165. The van der Waals surface area contributed by atoms with E-state index < -0.39 is 0 Å². The molecule has 3 heteroatoms. The Morgan fingerprint density at radius 3 is 2.70 bits per heavy atom. The summed E-state index contributed by atoms with van der Waals surface area (Å²) in [6.45, 7) is 2.92. The van der Waals surface area contributed by atoms with Crippen LogP contribution in [0.4, 0.5) is 0 Å². The van der Waals surface area contributed by atoms with Gasteiger partial charge in [-0.2, -0.15) is 0 Å². The van der Waals surface area contributed by atoms with Crippen molar-refractivity contribution < 1.29 is 9.15 Å². The molecule has 112 valence electrons. The minimum Gasteiger partial charge on any atom is -0.465 e. The summed E-state index contributed by atoms with van der Waals surface area (Å²) in [5.74, 6) is 2.71. The van der Waals surface area contributed by atoms with Crippen molar-refractivity contribution in [1.82, 2.24) is 5.32 Å². The van der Waals surface area contributed by atoms with Crippen LogP contribution in [0.5, 0.6) is 0 Å². The number of furan rings is 1. The number of rotatable bonds is 3. The van der Waals surface area contributed by atoms with Crippen LogP contribution < -0.4 is 5.32 Å². The van der Waals surface area contributed by atoms with Crippen molar-refractivity contribution in [1.29, 1.82) is 0 Å². The highest BCUT2D eigenvalue weighted by Gasteiger charge is 2.41. The Morgan fingerprint density at radius 2 is 2.05 bits per heavy atom. The van der Waals surface area contributed by atoms with Crippen LogP contribution in [0.1, 0.15) is 62.5 Å². The summed E-state index contributed by atoms with van der Waals surface area (Å²) in [5.41, 5.74) is 0.165. The molecular weight excluding hydrogens is 250 g/mol. The van der Waals surface area contributed by atoms with Crippen LogP contribution in [0, 0.1) is 12.8 Å². The smallest absolute Gasteiger partial charge is 0.121 e. The van der Waals surface area contributed by atoms with E-state index in [0.29, 0.717) is 12.0 Å². The first-order valence-corrected chi connectivity index (χ1v) is 8.10. The maximum absolute atomic E-state index is 6.21. The molecule has 1 saturated heterocycles. The molecule has 20 heavy (non-hydrogen) atoms. The Balaban J connectivity index is 1.74. The number of ether oxygens (including phenoxy) is 1. The molecular formula is C17H27NO2. The fraction of sp³-hybridized carbons (Fsp3) is 0.765. The van der Waals surface area contributed by atoms with Crippen molar-refractivity contribution in [2.45, 2.75) is 63.5 Å². The van der Waals surface area contributed by atoms with Crippen molar-refractivity contribution >= 4 is 0 Å². The second-order valence-electron chi connectivity index (χ2n) is 6.56. The zero-order chi connectivity index (χ0) is 14.0.